The number of hydrogen-bond acceptors (Lipinski definition) is 3. The van der Waals surface area contributed by atoms with Crippen LogP contribution >= 0.6 is 0 Å². The molecule has 114 valence electrons. The van der Waals surface area contributed by atoms with Crippen LogP contribution < -0.4 is 10.1 Å². The van der Waals surface area contributed by atoms with Crippen molar-refractivity contribution >= 4 is 5.91 Å². The largest absolute Gasteiger partial charge is 0.497 e. The van der Waals surface area contributed by atoms with Crippen LogP contribution in [0.15, 0.2) is 24.3 Å². The Balaban J connectivity index is 1.48. The number of rotatable bonds is 4. The first-order valence-electron chi connectivity index (χ1n) is 7.79. The van der Waals surface area contributed by atoms with Gasteiger partial charge in [-0.2, -0.15) is 0 Å². The molecule has 1 aromatic rings. The first-order chi connectivity index (χ1) is 10.2. The molecule has 21 heavy (non-hydrogen) atoms. The molecule has 4 nitrogen and oxygen atoms in total. The zero-order valence-electron chi connectivity index (χ0n) is 12.8. The second kappa shape index (κ2) is 6.06. The number of carbonyl (C=O) groups excluding carboxylic acids is 1. The van der Waals surface area contributed by atoms with Crippen molar-refractivity contribution in [2.24, 2.45) is 0 Å². The summed E-state index contributed by atoms with van der Waals surface area (Å²) in [6.07, 6.45) is 4.02. The van der Waals surface area contributed by atoms with Crippen molar-refractivity contribution in [1.82, 2.24) is 10.2 Å². The van der Waals surface area contributed by atoms with Crippen molar-refractivity contribution in [2.45, 2.75) is 43.7 Å². The summed E-state index contributed by atoms with van der Waals surface area (Å²) in [6, 6.07) is 9.45. The number of piperidine rings is 1. The minimum atomic E-state index is 0.274. The number of amides is 1. The summed E-state index contributed by atoms with van der Waals surface area (Å²) in [5, 5.41) is 3.71. The lowest BCUT2D eigenvalue weighted by Crippen LogP contribution is -2.52. The van der Waals surface area contributed by atoms with Gasteiger partial charge in [0.25, 0.3) is 0 Å². The quantitative estimate of drug-likeness (QED) is 0.923. The molecule has 1 amide bonds. The van der Waals surface area contributed by atoms with Gasteiger partial charge < -0.3 is 15.0 Å². The minimum Gasteiger partial charge on any atom is -0.497 e. The highest BCUT2D eigenvalue weighted by atomic mass is 16.5. The standard InChI is InChI=1S/C17H24N2O2/c1-19-11-14(6-7-17(19)20)18-15-8-13(9-15)12-4-3-5-16(10-12)21-2/h3-5,10,13-15,18H,6-9,11H2,1-2H3. The zero-order chi connectivity index (χ0) is 14.8. The van der Waals surface area contributed by atoms with Gasteiger partial charge >= 0.3 is 0 Å². The van der Waals surface area contributed by atoms with Gasteiger partial charge in [-0.15, -0.1) is 0 Å². The molecule has 4 heteroatoms. The fourth-order valence-electron chi connectivity index (χ4n) is 3.40. The summed E-state index contributed by atoms with van der Waals surface area (Å²) in [5.41, 5.74) is 1.38. The highest BCUT2D eigenvalue weighted by Gasteiger charge is 2.33. The maximum absolute atomic E-state index is 11.5. The van der Waals surface area contributed by atoms with Crippen molar-refractivity contribution in [1.29, 1.82) is 0 Å². The van der Waals surface area contributed by atoms with Gasteiger partial charge in [0.15, 0.2) is 0 Å². The molecule has 0 radical (unpaired) electrons. The molecule has 1 unspecified atom stereocenters. The lowest BCUT2D eigenvalue weighted by molar-refractivity contribution is -0.132. The van der Waals surface area contributed by atoms with Crippen LogP contribution in [0.4, 0.5) is 0 Å². The number of hydrogen-bond donors (Lipinski definition) is 1. The van der Waals surface area contributed by atoms with Crippen molar-refractivity contribution in [3.8, 4) is 5.75 Å². The number of ether oxygens (including phenoxy) is 1. The van der Waals surface area contributed by atoms with E-state index < -0.39 is 0 Å². The van der Waals surface area contributed by atoms with Crippen molar-refractivity contribution in [2.75, 3.05) is 20.7 Å². The normalized spacial score (nSPS) is 29.1. The van der Waals surface area contributed by atoms with Crippen LogP contribution in [0.3, 0.4) is 0 Å². The van der Waals surface area contributed by atoms with E-state index >= 15 is 0 Å². The lowest BCUT2D eigenvalue weighted by atomic mass is 9.75. The first kappa shape index (κ1) is 14.4. The van der Waals surface area contributed by atoms with Crippen LogP contribution in [0.2, 0.25) is 0 Å². The molecule has 2 fully saturated rings. The van der Waals surface area contributed by atoms with Crippen LogP contribution in [0.1, 0.15) is 37.2 Å². The fraction of sp³-hybridized carbons (Fsp3) is 0.588. The van der Waals surface area contributed by atoms with E-state index in [2.05, 4.69) is 23.5 Å². The second-order valence-electron chi connectivity index (χ2n) is 6.32. The molecule has 1 heterocycles. The Bertz CT molecular complexity index is 511. The smallest absolute Gasteiger partial charge is 0.222 e. The molecule has 1 saturated carbocycles. The van der Waals surface area contributed by atoms with Crippen LogP contribution in [-0.4, -0.2) is 43.6 Å². The van der Waals surface area contributed by atoms with Gasteiger partial charge in [-0.1, -0.05) is 12.1 Å². The summed E-state index contributed by atoms with van der Waals surface area (Å²) in [4.78, 5) is 13.3. The zero-order valence-corrected chi connectivity index (χ0v) is 12.8. The molecule has 1 N–H and O–H groups in total. The third kappa shape index (κ3) is 3.21. The summed E-state index contributed by atoms with van der Waals surface area (Å²) in [6.45, 7) is 0.846. The third-order valence-corrected chi connectivity index (χ3v) is 4.80. The van der Waals surface area contributed by atoms with Gasteiger partial charge in [0, 0.05) is 32.1 Å². The highest BCUT2D eigenvalue weighted by molar-refractivity contribution is 5.76. The van der Waals surface area contributed by atoms with Gasteiger partial charge in [-0.25, -0.2) is 0 Å². The molecule has 0 spiro atoms. The van der Waals surface area contributed by atoms with Crippen LogP contribution in [0.25, 0.3) is 0 Å². The summed E-state index contributed by atoms with van der Waals surface area (Å²) < 4.78 is 5.29. The number of likely N-dealkylation sites (N-methyl/N-ethyl adjacent to an activating group) is 1. The van der Waals surface area contributed by atoms with Crippen molar-refractivity contribution < 1.29 is 9.53 Å². The van der Waals surface area contributed by atoms with Gasteiger partial charge in [0.2, 0.25) is 5.91 Å². The van der Waals surface area contributed by atoms with Crippen molar-refractivity contribution in [3.63, 3.8) is 0 Å². The Hall–Kier alpha value is -1.55. The minimum absolute atomic E-state index is 0.274. The van der Waals surface area contributed by atoms with Gasteiger partial charge in [-0.05, 0) is 42.9 Å². The van der Waals surface area contributed by atoms with E-state index in [1.54, 1.807) is 7.11 Å². The SMILES string of the molecule is COc1cccc(C2CC(NC3CCC(=O)N(C)C3)C2)c1. The average molecular weight is 288 g/mol. The molecule has 1 atom stereocenters. The molecule has 2 aliphatic rings. The Morgan fingerprint density at radius 2 is 2.10 bits per heavy atom. The van der Waals surface area contributed by atoms with Crippen molar-refractivity contribution in [3.05, 3.63) is 29.8 Å². The van der Waals surface area contributed by atoms with Crippen LogP contribution in [-0.2, 0) is 4.79 Å². The maximum Gasteiger partial charge on any atom is 0.222 e. The third-order valence-electron chi connectivity index (χ3n) is 4.80. The number of benzene rings is 1. The Morgan fingerprint density at radius 1 is 1.29 bits per heavy atom. The van der Waals surface area contributed by atoms with Crippen LogP contribution in [0.5, 0.6) is 5.75 Å². The Labute approximate surface area is 126 Å². The summed E-state index contributed by atoms with van der Waals surface area (Å²) in [5.74, 6) is 1.85. The molecule has 1 aliphatic carbocycles. The van der Waals surface area contributed by atoms with E-state index in [1.807, 2.05) is 18.0 Å². The van der Waals surface area contributed by atoms with E-state index in [0.717, 1.165) is 18.7 Å². The molecule has 0 aromatic heterocycles. The molecular weight excluding hydrogens is 264 g/mol. The van der Waals surface area contributed by atoms with E-state index in [1.165, 1.54) is 18.4 Å². The van der Waals surface area contributed by atoms with E-state index in [-0.39, 0.29) is 5.91 Å². The molecule has 0 bridgehead atoms. The van der Waals surface area contributed by atoms with E-state index in [0.29, 0.717) is 24.4 Å². The molecule has 1 saturated heterocycles. The molecule has 3 rings (SSSR count). The van der Waals surface area contributed by atoms with Gasteiger partial charge in [0.1, 0.15) is 5.75 Å². The number of nitrogens with zero attached hydrogens (tertiary/aromatic N) is 1. The fourth-order valence-corrected chi connectivity index (χ4v) is 3.40. The molecule has 1 aromatic carbocycles. The van der Waals surface area contributed by atoms with E-state index in [9.17, 15) is 4.79 Å². The second-order valence-corrected chi connectivity index (χ2v) is 6.32. The highest BCUT2D eigenvalue weighted by Crippen LogP contribution is 2.38. The van der Waals surface area contributed by atoms with Gasteiger partial charge in [0.05, 0.1) is 7.11 Å². The summed E-state index contributed by atoms with van der Waals surface area (Å²) >= 11 is 0. The maximum atomic E-state index is 11.5. The number of methoxy groups -OCH3 is 1. The van der Waals surface area contributed by atoms with Gasteiger partial charge in [-0.3, -0.25) is 4.79 Å². The molecule has 1 aliphatic heterocycles. The molecular formula is C17H24N2O2. The number of nitrogens with one attached hydrogen (secondary N) is 1. The topological polar surface area (TPSA) is 41.6 Å². The average Bonchev–Trinajstić information content (AvgIpc) is 2.46. The predicted octanol–water partition coefficient (Wildman–Crippen LogP) is 2.15. The van der Waals surface area contributed by atoms with Crippen LogP contribution in [0, 0.1) is 0 Å². The first-order valence-corrected chi connectivity index (χ1v) is 7.79. The number of carbonyl (C=O) groups is 1. The predicted molar refractivity (Wildman–Crippen MR) is 82.6 cm³/mol. The monoisotopic (exact) mass is 288 g/mol. The summed E-state index contributed by atoms with van der Waals surface area (Å²) in [7, 11) is 3.61. The lowest BCUT2D eigenvalue weighted by Gasteiger charge is -2.41. The Kier molecular flexibility index (Phi) is 4.15. The number of likely N-dealkylation sites (tertiary alicyclic amines) is 1. The van der Waals surface area contributed by atoms with E-state index in [4.69, 9.17) is 4.74 Å². The Morgan fingerprint density at radius 3 is 2.81 bits per heavy atom.